The lowest BCUT2D eigenvalue weighted by Crippen LogP contribution is -2.60. The van der Waals surface area contributed by atoms with Gasteiger partial charge in [0.15, 0.2) is 19.8 Å². The predicted octanol–water partition coefficient (Wildman–Crippen LogP) is 5.30. The van der Waals surface area contributed by atoms with Gasteiger partial charge in [-0.15, -0.1) is 0 Å². The number of ether oxygens (including phenoxy) is 5. The van der Waals surface area contributed by atoms with E-state index in [9.17, 15) is 4.79 Å². The fraction of sp³-hybridized carbons (Fsp3) is 0.640. The molecule has 0 radical (unpaired) electrons. The monoisotopic (exact) mass is 476 g/mol. The summed E-state index contributed by atoms with van der Waals surface area (Å²) in [6, 6.07) is 5.80. The number of hydrogen-bond donors (Lipinski definition) is 0. The number of carbonyl (C=O) groups excluding carboxylic acids is 1. The minimum Gasteiger partial charge on any atom is -0.463 e. The van der Waals surface area contributed by atoms with E-state index in [2.05, 4.69) is 33.9 Å². The van der Waals surface area contributed by atoms with Crippen LogP contribution in [0, 0.1) is 5.92 Å². The van der Waals surface area contributed by atoms with E-state index in [1.165, 1.54) is 7.11 Å². The maximum Gasteiger partial charge on any atom is 0.373 e. The Kier molecular flexibility index (Phi) is 6.55. The van der Waals surface area contributed by atoms with Crippen molar-refractivity contribution in [3.8, 4) is 11.5 Å². The summed E-state index contributed by atoms with van der Waals surface area (Å²) in [5, 5.41) is 0.00252. The quantitative estimate of drug-likeness (QED) is 0.408. The fourth-order valence-corrected chi connectivity index (χ4v) is 5.96. The molecule has 2 aliphatic heterocycles. The van der Waals surface area contributed by atoms with Crippen molar-refractivity contribution in [3.63, 3.8) is 0 Å². The van der Waals surface area contributed by atoms with Crippen LogP contribution in [0.1, 0.15) is 52.0 Å². The van der Waals surface area contributed by atoms with Gasteiger partial charge < -0.3 is 28.1 Å². The first-order valence-corrected chi connectivity index (χ1v) is 14.6. The van der Waals surface area contributed by atoms with Crippen molar-refractivity contribution in [2.45, 2.75) is 83.1 Å². The van der Waals surface area contributed by atoms with Crippen molar-refractivity contribution in [3.05, 3.63) is 35.6 Å². The van der Waals surface area contributed by atoms with Gasteiger partial charge in [0.05, 0.1) is 25.7 Å². The molecule has 4 rings (SSSR count). The zero-order valence-electron chi connectivity index (χ0n) is 20.6. The normalized spacial score (nSPS) is 26.8. The van der Waals surface area contributed by atoms with Crippen LogP contribution in [0.3, 0.4) is 0 Å². The first-order chi connectivity index (χ1) is 15.5. The molecule has 0 bridgehead atoms. The molecule has 1 fully saturated rings. The first kappa shape index (κ1) is 24.1. The summed E-state index contributed by atoms with van der Waals surface area (Å²) in [6.45, 7) is 11.7. The second-order valence-electron chi connectivity index (χ2n) is 10.6. The van der Waals surface area contributed by atoms with Crippen molar-refractivity contribution in [1.29, 1.82) is 0 Å². The zero-order chi connectivity index (χ0) is 23.9. The van der Waals surface area contributed by atoms with Gasteiger partial charge in [-0.1, -0.05) is 33.3 Å². The highest BCUT2D eigenvalue weighted by molar-refractivity contribution is 6.74. The smallest absolute Gasteiger partial charge is 0.373 e. The molecule has 1 saturated carbocycles. The van der Waals surface area contributed by atoms with Gasteiger partial charge in [0.2, 0.25) is 18.3 Å². The maximum atomic E-state index is 12.5. The highest BCUT2D eigenvalue weighted by Gasteiger charge is 2.56. The van der Waals surface area contributed by atoms with E-state index >= 15 is 0 Å². The van der Waals surface area contributed by atoms with E-state index < -0.39 is 20.1 Å². The van der Waals surface area contributed by atoms with Gasteiger partial charge in [-0.05, 0) is 54.7 Å². The topological polar surface area (TPSA) is 72.5 Å². The summed E-state index contributed by atoms with van der Waals surface area (Å²) in [6.07, 6.45) is 5.12. The minimum atomic E-state index is -2.20. The third kappa shape index (κ3) is 4.79. The number of rotatable bonds is 6. The average Bonchev–Trinajstić information content (AvgIpc) is 3.23. The van der Waals surface area contributed by atoms with E-state index in [0.29, 0.717) is 6.61 Å². The molecule has 33 heavy (non-hydrogen) atoms. The summed E-state index contributed by atoms with van der Waals surface area (Å²) in [4.78, 5) is 12.5. The molecular formula is C25H36O7Si. The van der Waals surface area contributed by atoms with Crippen molar-refractivity contribution in [2.75, 3.05) is 13.9 Å². The molecule has 3 atom stereocenters. The molecule has 1 aromatic rings. The van der Waals surface area contributed by atoms with Crippen molar-refractivity contribution >= 4 is 14.3 Å². The zero-order valence-corrected chi connectivity index (χ0v) is 21.6. The number of carbonyl (C=O) groups is 1. The largest absolute Gasteiger partial charge is 0.463 e. The summed E-state index contributed by atoms with van der Waals surface area (Å²) < 4.78 is 35.7. The van der Waals surface area contributed by atoms with Crippen LogP contribution in [-0.4, -0.2) is 40.1 Å². The number of benzene rings is 1. The molecule has 0 saturated heterocycles. The van der Waals surface area contributed by atoms with Gasteiger partial charge in [0, 0.05) is 6.42 Å². The Morgan fingerprint density at radius 3 is 2.67 bits per heavy atom. The Hall–Kier alpha value is -2.03. The van der Waals surface area contributed by atoms with E-state index in [1.54, 1.807) is 6.08 Å². The third-order valence-electron chi connectivity index (χ3n) is 7.35. The highest BCUT2D eigenvalue weighted by atomic mass is 28.4. The van der Waals surface area contributed by atoms with Gasteiger partial charge in [0.1, 0.15) is 0 Å². The lowest BCUT2D eigenvalue weighted by molar-refractivity contribution is -0.251. The summed E-state index contributed by atoms with van der Waals surface area (Å²) in [5.74, 6) is 0.231. The molecule has 2 heterocycles. The Morgan fingerprint density at radius 1 is 1.18 bits per heavy atom. The van der Waals surface area contributed by atoms with Crippen molar-refractivity contribution in [1.82, 2.24) is 0 Å². The lowest BCUT2D eigenvalue weighted by atomic mass is 9.78. The van der Waals surface area contributed by atoms with Crippen LogP contribution in [0.5, 0.6) is 11.5 Å². The van der Waals surface area contributed by atoms with Gasteiger partial charge in [-0.25, -0.2) is 4.79 Å². The molecule has 7 nitrogen and oxygen atoms in total. The third-order valence-corrected chi connectivity index (χ3v) is 11.8. The molecule has 0 N–H and O–H groups in total. The Labute approximate surface area is 197 Å². The van der Waals surface area contributed by atoms with Gasteiger partial charge in [-0.3, -0.25) is 0 Å². The van der Waals surface area contributed by atoms with Crippen LogP contribution >= 0.6 is 0 Å². The van der Waals surface area contributed by atoms with Crippen LogP contribution in [0.2, 0.25) is 18.1 Å². The standard InChI is InChI=1S/C25H36O7Si/c1-24(2,3)33(5,6)32-25-12-8-7-9-18(25)20(14-22(31-25)23(26)27-4)28-15-17-10-11-19-21(13-17)30-16-29-19/h10-11,13-14,18,20H,7-9,12,15-16H2,1-6H3/t18-,20-,25+/m0/s1. The summed E-state index contributed by atoms with van der Waals surface area (Å²) >= 11 is 0. The second-order valence-corrected chi connectivity index (χ2v) is 15.3. The second kappa shape index (κ2) is 8.96. The number of hydrogen-bond acceptors (Lipinski definition) is 7. The molecule has 0 aromatic heterocycles. The fourth-order valence-electron chi connectivity index (χ4n) is 4.50. The summed E-state index contributed by atoms with van der Waals surface area (Å²) in [7, 11) is -0.838. The Balaban J connectivity index is 1.62. The average molecular weight is 477 g/mol. The molecule has 0 amide bonds. The van der Waals surface area contributed by atoms with E-state index in [-0.39, 0.29) is 29.6 Å². The lowest BCUT2D eigenvalue weighted by Gasteiger charge is -2.53. The van der Waals surface area contributed by atoms with Crippen molar-refractivity contribution < 1.29 is 32.9 Å². The molecule has 0 unspecified atom stereocenters. The highest BCUT2D eigenvalue weighted by Crippen LogP contribution is 2.50. The number of fused-ring (bicyclic) bond motifs is 2. The molecule has 0 spiro atoms. The molecular weight excluding hydrogens is 440 g/mol. The molecule has 3 aliphatic rings. The summed E-state index contributed by atoms with van der Waals surface area (Å²) in [5.41, 5.74) is 0.977. The molecule has 182 valence electrons. The van der Waals surface area contributed by atoms with E-state index in [1.807, 2.05) is 18.2 Å². The van der Waals surface area contributed by atoms with E-state index in [0.717, 1.165) is 42.7 Å². The van der Waals surface area contributed by atoms with Crippen LogP contribution in [0.4, 0.5) is 0 Å². The van der Waals surface area contributed by atoms with Gasteiger partial charge >= 0.3 is 5.97 Å². The molecule has 1 aliphatic carbocycles. The maximum absolute atomic E-state index is 12.5. The van der Waals surface area contributed by atoms with E-state index in [4.69, 9.17) is 28.1 Å². The molecule has 1 aromatic carbocycles. The first-order valence-electron chi connectivity index (χ1n) is 11.7. The van der Waals surface area contributed by atoms with Crippen LogP contribution in [0.25, 0.3) is 0 Å². The Bertz CT molecular complexity index is 920. The van der Waals surface area contributed by atoms with Gasteiger partial charge in [0.25, 0.3) is 0 Å². The number of methoxy groups -OCH3 is 1. The van der Waals surface area contributed by atoms with Crippen LogP contribution < -0.4 is 9.47 Å². The predicted molar refractivity (Wildman–Crippen MR) is 125 cm³/mol. The van der Waals surface area contributed by atoms with Gasteiger partial charge in [-0.2, -0.15) is 0 Å². The van der Waals surface area contributed by atoms with Crippen molar-refractivity contribution in [2.24, 2.45) is 5.92 Å². The minimum absolute atomic E-state index is 0.00252. The molecule has 8 heteroatoms. The van der Waals surface area contributed by atoms with Crippen LogP contribution in [0.15, 0.2) is 30.0 Å². The number of esters is 1. The van der Waals surface area contributed by atoms with Crippen LogP contribution in [-0.2, 0) is 30.0 Å². The SMILES string of the molecule is COC(=O)C1=C[C@H](OCc2ccc3c(c2)OCO3)[C@@H]2CCCC[C@]2(O[Si](C)(C)C(C)(C)C)O1. The Morgan fingerprint density at radius 2 is 1.94 bits per heavy atom.